The quantitative estimate of drug-likeness (QED) is 0.399. The standard InChI is InChI=1S/C26H22FN5O2S/c1-17(33)31-14-13-19-15-21(11-12-23(19)31)28-24(34)16-35-26-30-29-25(18-7-9-20(27)10-8-18)32(26)22-5-3-2-4-6-22/h2-12,15H,13-14,16H2,1H3,(H,28,34). The summed E-state index contributed by atoms with van der Waals surface area (Å²) < 4.78 is 15.3. The average molecular weight is 488 g/mol. The van der Waals surface area contributed by atoms with Crippen LogP contribution in [0.15, 0.2) is 78.0 Å². The van der Waals surface area contributed by atoms with Gasteiger partial charge in [-0.05, 0) is 66.6 Å². The van der Waals surface area contributed by atoms with Gasteiger partial charge in [0.15, 0.2) is 11.0 Å². The largest absolute Gasteiger partial charge is 0.325 e. The van der Waals surface area contributed by atoms with Gasteiger partial charge in [-0.2, -0.15) is 0 Å². The Kier molecular flexibility index (Phi) is 6.33. The van der Waals surface area contributed by atoms with Crippen LogP contribution >= 0.6 is 11.8 Å². The molecule has 7 nitrogen and oxygen atoms in total. The number of hydrogen-bond donors (Lipinski definition) is 1. The van der Waals surface area contributed by atoms with Gasteiger partial charge in [0.05, 0.1) is 5.75 Å². The fraction of sp³-hybridized carbons (Fsp3) is 0.154. The van der Waals surface area contributed by atoms with E-state index in [1.807, 2.05) is 53.1 Å². The molecule has 3 aromatic carbocycles. The molecule has 0 radical (unpaired) electrons. The molecule has 2 amide bonds. The first-order valence-corrected chi connectivity index (χ1v) is 12.1. The Morgan fingerprint density at radius 2 is 1.80 bits per heavy atom. The molecular weight excluding hydrogens is 465 g/mol. The van der Waals surface area contributed by atoms with E-state index in [2.05, 4.69) is 15.5 Å². The SMILES string of the molecule is CC(=O)N1CCc2cc(NC(=O)CSc3nnc(-c4ccc(F)cc4)n3-c3ccccc3)ccc21. The van der Waals surface area contributed by atoms with E-state index in [0.29, 0.717) is 23.2 Å². The monoisotopic (exact) mass is 487 g/mol. The number of rotatable bonds is 6. The van der Waals surface area contributed by atoms with Crippen molar-refractivity contribution in [2.45, 2.75) is 18.5 Å². The molecule has 1 aromatic heterocycles. The lowest BCUT2D eigenvalue weighted by Gasteiger charge is -2.15. The van der Waals surface area contributed by atoms with Crippen molar-refractivity contribution >= 4 is 35.0 Å². The third-order valence-corrected chi connectivity index (χ3v) is 6.65. The topological polar surface area (TPSA) is 80.1 Å². The number of hydrogen-bond acceptors (Lipinski definition) is 5. The van der Waals surface area contributed by atoms with Crippen LogP contribution in [0.4, 0.5) is 15.8 Å². The molecule has 5 rings (SSSR count). The predicted octanol–water partition coefficient (Wildman–Crippen LogP) is 4.71. The Hall–Kier alpha value is -3.98. The Labute approximate surface area is 206 Å². The first-order chi connectivity index (χ1) is 17.0. The highest BCUT2D eigenvalue weighted by molar-refractivity contribution is 7.99. The lowest BCUT2D eigenvalue weighted by Crippen LogP contribution is -2.25. The number of carbonyl (C=O) groups is 2. The van der Waals surface area contributed by atoms with Crippen LogP contribution in [-0.4, -0.2) is 38.9 Å². The first-order valence-electron chi connectivity index (χ1n) is 11.1. The summed E-state index contributed by atoms with van der Waals surface area (Å²) in [4.78, 5) is 26.2. The van der Waals surface area contributed by atoms with Crippen LogP contribution in [0, 0.1) is 5.82 Å². The van der Waals surface area contributed by atoms with Gasteiger partial charge in [0.2, 0.25) is 11.8 Å². The van der Waals surface area contributed by atoms with Gasteiger partial charge in [-0.3, -0.25) is 14.2 Å². The summed E-state index contributed by atoms with van der Waals surface area (Å²) in [6.45, 7) is 2.21. The molecule has 1 aliphatic heterocycles. The van der Waals surface area contributed by atoms with Crippen LogP contribution in [-0.2, 0) is 16.0 Å². The third-order valence-electron chi connectivity index (χ3n) is 5.72. The zero-order valence-electron chi connectivity index (χ0n) is 18.9. The lowest BCUT2D eigenvalue weighted by atomic mass is 10.1. The van der Waals surface area contributed by atoms with Gasteiger partial charge in [-0.15, -0.1) is 10.2 Å². The number of thioether (sulfide) groups is 1. The second-order valence-electron chi connectivity index (χ2n) is 8.09. The van der Waals surface area contributed by atoms with Crippen LogP contribution in [0.3, 0.4) is 0 Å². The molecule has 0 saturated carbocycles. The van der Waals surface area contributed by atoms with E-state index in [1.54, 1.807) is 24.0 Å². The highest BCUT2D eigenvalue weighted by atomic mass is 32.2. The maximum Gasteiger partial charge on any atom is 0.234 e. The van der Waals surface area contributed by atoms with Gasteiger partial charge in [-0.1, -0.05) is 30.0 Å². The van der Waals surface area contributed by atoms with Crippen molar-refractivity contribution in [2.75, 3.05) is 22.5 Å². The maximum atomic E-state index is 13.4. The molecule has 0 aliphatic carbocycles. The number of anilines is 2. The molecule has 1 N–H and O–H groups in total. The van der Waals surface area contributed by atoms with Gasteiger partial charge in [0, 0.05) is 36.1 Å². The molecule has 1 aliphatic rings. The zero-order chi connectivity index (χ0) is 24.4. The number of nitrogens with one attached hydrogen (secondary N) is 1. The predicted molar refractivity (Wildman–Crippen MR) is 134 cm³/mol. The molecule has 176 valence electrons. The molecule has 4 aromatic rings. The third kappa shape index (κ3) is 4.81. The second-order valence-corrected chi connectivity index (χ2v) is 9.03. The van der Waals surface area contributed by atoms with Crippen molar-refractivity contribution < 1.29 is 14.0 Å². The maximum absolute atomic E-state index is 13.4. The van der Waals surface area contributed by atoms with E-state index >= 15 is 0 Å². The van der Waals surface area contributed by atoms with Crippen molar-refractivity contribution in [1.82, 2.24) is 14.8 Å². The number of halogens is 1. The molecular formula is C26H22FN5O2S. The van der Waals surface area contributed by atoms with Gasteiger partial charge in [-0.25, -0.2) is 4.39 Å². The number of amides is 2. The van der Waals surface area contributed by atoms with Gasteiger partial charge < -0.3 is 10.2 Å². The van der Waals surface area contributed by atoms with Crippen molar-refractivity contribution in [3.05, 3.63) is 84.2 Å². The molecule has 0 fully saturated rings. The van der Waals surface area contributed by atoms with Crippen molar-refractivity contribution in [3.8, 4) is 17.1 Å². The minimum absolute atomic E-state index is 0.0134. The van der Waals surface area contributed by atoms with E-state index in [9.17, 15) is 14.0 Å². The van der Waals surface area contributed by atoms with Gasteiger partial charge in [0.25, 0.3) is 0 Å². The van der Waals surface area contributed by atoms with Crippen molar-refractivity contribution in [3.63, 3.8) is 0 Å². The summed E-state index contributed by atoms with van der Waals surface area (Å²) >= 11 is 1.27. The van der Waals surface area contributed by atoms with Gasteiger partial charge >= 0.3 is 0 Å². The summed E-state index contributed by atoms with van der Waals surface area (Å²) in [5.41, 5.74) is 4.19. The summed E-state index contributed by atoms with van der Waals surface area (Å²) in [7, 11) is 0. The Bertz CT molecular complexity index is 1390. The molecule has 0 bridgehead atoms. The lowest BCUT2D eigenvalue weighted by molar-refractivity contribution is -0.116. The van der Waals surface area contributed by atoms with Crippen LogP contribution in [0.1, 0.15) is 12.5 Å². The zero-order valence-corrected chi connectivity index (χ0v) is 19.8. The molecule has 0 unspecified atom stereocenters. The number of fused-ring (bicyclic) bond motifs is 1. The number of carbonyl (C=O) groups excluding carboxylic acids is 2. The summed E-state index contributed by atoms with van der Waals surface area (Å²) in [5.74, 6) is 0.200. The smallest absolute Gasteiger partial charge is 0.234 e. The molecule has 35 heavy (non-hydrogen) atoms. The molecule has 2 heterocycles. The summed E-state index contributed by atoms with van der Waals surface area (Å²) in [5, 5.41) is 12.1. The van der Waals surface area contributed by atoms with Crippen LogP contribution in [0.5, 0.6) is 0 Å². The van der Waals surface area contributed by atoms with E-state index in [0.717, 1.165) is 28.9 Å². The molecule has 0 saturated heterocycles. The number of aromatic nitrogens is 3. The molecule has 0 spiro atoms. The first kappa shape index (κ1) is 22.8. The van der Waals surface area contributed by atoms with Gasteiger partial charge in [0.1, 0.15) is 5.82 Å². The van der Waals surface area contributed by atoms with Crippen molar-refractivity contribution in [1.29, 1.82) is 0 Å². The molecule has 9 heteroatoms. The highest BCUT2D eigenvalue weighted by Crippen LogP contribution is 2.31. The van der Waals surface area contributed by atoms with Crippen LogP contribution in [0.2, 0.25) is 0 Å². The van der Waals surface area contributed by atoms with Crippen molar-refractivity contribution in [2.24, 2.45) is 0 Å². The van der Waals surface area contributed by atoms with Crippen LogP contribution < -0.4 is 10.2 Å². The van der Waals surface area contributed by atoms with E-state index in [-0.39, 0.29) is 23.4 Å². The van der Waals surface area contributed by atoms with Crippen LogP contribution in [0.25, 0.3) is 17.1 Å². The average Bonchev–Trinajstić information content (AvgIpc) is 3.48. The summed E-state index contributed by atoms with van der Waals surface area (Å²) in [6, 6.07) is 21.2. The number of benzene rings is 3. The van der Waals surface area contributed by atoms with E-state index in [1.165, 1.54) is 23.9 Å². The van der Waals surface area contributed by atoms with E-state index < -0.39 is 0 Å². The minimum atomic E-state index is -0.327. The second kappa shape index (κ2) is 9.71. The normalized spacial score (nSPS) is 12.5. The fourth-order valence-electron chi connectivity index (χ4n) is 4.09. The van der Waals surface area contributed by atoms with E-state index in [4.69, 9.17) is 0 Å². The minimum Gasteiger partial charge on any atom is -0.325 e. The summed E-state index contributed by atoms with van der Waals surface area (Å²) in [6.07, 6.45) is 0.764. The number of para-hydroxylation sites is 1. The Morgan fingerprint density at radius 1 is 1.03 bits per heavy atom. The Morgan fingerprint density at radius 3 is 2.54 bits per heavy atom. The molecule has 0 atom stereocenters. The number of nitrogens with zero attached hydrogens (tertiary/aromatic N) is 4. The highest BCUT2D eigenvalue weighted by Gasteiger charge is 2.22. The fourth-order valence-corrected chi connectivity index (χ4v) is 4.84. The Balaban J connectivity index is 1.33.